The predicted octanol–water partition coefficient (Wildman–Crippen LogP) is 3.87. The van der Waals surface area contributed by atoms with Crippen LogP contribution in [0.3, 0.4) is 0 Å². The average Bonchev–Trinajstić information content (AvgIpc) is 3.39. The van der Waals surface area contributed by atoms with Crippen LogP contribution >= 0.6 is 11.3 Å². The Morgan fingerprint density at radius 2 is 1.92 bits per heavy atom. The Kier molecular flexibility index (Phi) is 4.74. The van der Waals surface area contributed by atoms with E-state index in [0.717, 1.165) is 29.7 Å². The number of nitrogens with zero attached hydrogens (tertiary/aromatic N) is 4. The number of para-hydroxylation sites is 1. The first-order valence-electron chi connectivity index (χ1n) is 8.82. The van der Waals surface area contributed by atoms with Gasteiger partial charge >= 0.3 is 0 Å². The maximum absolute atomic E-state index is 4.85. The first kappa shape index (κ1) is 15.6. The number of likely N-dealkylation sites (tertiary alicyclic amines) is 1. The van der Waals surface area contributed by atoms with Crippen LogP contribution in [0.25, 0.3) is 0 Å². The molecule has 1 aliphatic heterocycles. The molecule has 2 fully saturated rings. The van der Waals surface area contributed by atoms with Crippen LogP contribution in [0.1, 0.15) is 48.0 Å². The molecule has 126 valence electrons. The Hall–Kier alpha value is -1.95. The van der Waals surface area contributed by atoms with E-state index in [1.165, 1.54) is 37.1 Å². The van der Waals surface area contributed by atoms with E-state index >= 15 is 0 Å². The third-order valence-corrected chi connectivity index (χ3v) is 5.53. The van der Waals surface area contributed by atoms with Crippen molar-refractivity contribution in [2.24, 2.45) is 4.99 Å². The van der Waals surface area contributed by atoms with Crippen molar-refractivity contribution in [3.63, 3.8) is 0 Å². The number of nitrogens with one attached hydrogen (secondary N) is 1. The molecular weight excluding hydrogens is 318 g/mol. The Balaban J connectivity index is 1.48. The number of hydrogen-bond donors (Lipinski definition) is 1. The van der Waals surface area contributed by atoms with Crippen LogP contribution in [0.15, 0.2) is 35.3 Å². The quantitative estimate of drug-likeness (QED) is 0.677. The van der Waals surface area contributed by atoms with Crippen LogP contribution in [0.2, 0.25) is 0 Å². The van der Waals surface area contributed by atoms with Gasteiger partial charge in [-0.3, -0.25) is 0 Å². The molecule has 2 aliphatic rings. The van der Waals surface area contributed by atoms with Crippen molar-refractivity contribution in [3.05, 3.63) is 40.3 Å². The second-order valence-corrected chi connectivity index (χ2v) is 7.58. The number of hydrogen-bond acceptors (Lipinski definition) is 4. The highest BCUT2D eigenvalue weighted by Crippen LogP contribution is 2.41. The van der Waals surface area contributed by atoms with E-state index in [1.54, 1.807) is 11.3 Å². The molecule has 5 nitrogen and oxygen atoms in total. The minimum atomic E-state index is 0.607. The van der Waals surface area contributed by atoms with Gasteiger partial charge in [-0.25, -0.2) is 4.99 Å². The fourth-order valence-electron chi connectivity index (χ4n) is 2.94. The molecule has 0 amide bonds. The fourth-order valence-corrected chi connectivity index (χ4v) is 3.88. The maximum atomic E-state index is 4.85. The van der Waals surface area contributed by atoms with Gasteiger partial charge < -0.3 is 10.2 Å². The predicted molar refractivity (Wildman–Crippen MR) is 98.5 cm³/mol. The third kappa shape index (κ3) is 3.93. The first-order chi connectivity index (χ1) is 11.9. The van der Waals surface area contributed by atoms with Gasteiger partial charge in [-0.15, -0.1) is 10.2 Å². The molecule has 0 bridgehead atoms. The molecule has 4 rings (SSSR count). The highest BCUT2D eigenvalue weighted by molar-refractivity contribution is 7.11. The standard InChI is InChI=1S/C18H23N5S/c1-3-7-15(8-4-1)20-18(23-11-5-2-6-12-23)19-13-16-21-22-17(24-16)14-9-10-14/h1,3-4,7-8,14H,2,5-6,9-13H2,(H,19,20). The largest absolute Gasteiger partial charge is 0.343 e. The van der Waals surface area contributed by atoms with Gasteiger partial charge in [0.15, 0.2) is 5.96 Å². The summed E-state index contributed by atoms with van der Waals surface area (Å²) < 4.78 is 0. The van der Waals surface area contributed by atoms with Gasteiger partial charge in [0, 0.05) is 24.7 Å². The molecule has 6 heteroatoms. The zero-order valence-electron chi connectivity index (χ0n) is 13.8. The molecule has 2 aromatic rings. The summed E-state index contributed by atoms with van der Waals surface area (Å²) in [4.78, 5) is 7.21. The van der Waals surface area contributed by atoms with Crippen molar-refractivity contribution in [1.82, 2.24) is 15.1 Å². The normalized spacial score (nSPS) is 18.7. The molecular formula is C18H23N5S. The minimum absolute atomic E-state index is 0.607. The Morgan fingerprint density at radius 1 is 1.12 bits per heavy atom. The van der Waals surface area contributed by atoms with Gasteiger partial charge in [0.2, 0.25) is 0 Å². The number of benzene rings is 1. The zero-order valence-corrected chi connectivity index (χ0v) is 14.6. The monoisotopic (exact) mass is 341 g/mol. The van der Waals surface area contributed by atoms with E-state index < -0.39 is 0 Å². The second-order valence-electron chi connectivity index (χ2n) is 6.49. The van der Waals surface area contributed by atoms with Crippen molar-refractivity contribution in [2.45, 2.75) is 44.6 Å². The van der Waals surface area contributed by atoms with Crippen molar-refractivity contribution in [2.75, 3.05) is 18.4 Å². The molecule has 2 heterocycles. The van der Waals surface area contributed by atoms with Gasteiger partial charge in [0.25, 0.3) is 0 Å². The Morgan fingerprint density at radius 3 is 2.67 bits per heavy atom. The lowest BCUT2D eigenvalue weighted by molar-refractivity contribution is 0.340. The number of aliphatic imine (C=N–C) groups is 1. The lowest BCUT2D eigenvalue weighted by Gasteiger charge is -2.30. The zero-order chi connectivity index (χ0) is 16.2. The molecule has 1 saturated heterocycles. The van der Waals surface area contributed by atoms with Crippen LogP contribution < -0.4 is 5.32 Å². The summed E-state index contributed by atoms with van der Waals surface area (Å²) in [5.74, 6) is 1.63. The molecule has 1 N–H and O–H groups in total. The van der Waals surface area contributed by atoms with E-state index in [4.69, 9.17) is 4.99 Å². The Bertz CT molecular complexity index is 686. The van der Waals surface area contributed by atoms with Crippen LogP contribution in [-0.4, -0.2) is 34.1 Å². The Labute approximate surface area is 146 Å². The summed E-state index contributed by atoms with van der Waals surface area (Å²) in [5.41, 5.74) is 1.08. The van der Waals surface area contributed by atoms with E-state index in [2.05, 4.69) is 32.5 Å². The summed E-state index contributed by atoms with van der Waals surface area (Å²) in [6.07, 6.45) is 6.33. The lowest BCUT2D eigenvalue weighted by Crippen LogP contribution is -2.40. The molecule has 0 radical (unpaired) electrons. The molecule has 1 aromatic carbocycles. The SMILES string of the molecule is c1ccc(NC(=NCc2nnc(C3CC3)s2)N2CCCCC2)cc1. The van der Waals surface area contributed by atoms with E-state index in [9.17, 15) is 0 Å². The molecule has 0 atom stereocenters. The van der Waals surface area contributed by atoms with Gasteiger partial charge in [0.1, 0.15) is 10.0 Å². The summed E-state index contributed by atoms with van der Waals surface area (Å²) in [7, 11) is 0. The van der Waals surface area contributed by atoms with Crippen LogP contribution in [0.4, 0.5) is 5.69 Å². The number of piperidine rings is 1. The summed E-state index contributed by atoms with van der Waals surface area (Å²) in [6, 6.07) is 10.3. The molecule has 0 spiro atoms. The molecule has 24 heavy (non-hydrogen) atoms. The average molecular weight is 341 g/mol. The number of anilines is 1. The number of aromatic nitrogens is 2. The number of guanidine groups is 1. The smallest absolute Gasteiger partial charge is 0.198 e. The number of rotatable bonds is 4. The van der Waals surface area contributed by atoms with Gasteiger partial charge in [-0.1, -0.05) is 29.5 Å². The van der Waals surface area contributed by atoms with Crippen molar-refractivity contribution in [3.8, 4) is 0 Å². The van der Waals surface area contributed by atoms with E-state index in [-0.39, 0.29) is 0 Å². The van der Waals surface area contributed by atoms with E-state index in [0.29, 0.717) is 12.5 Å². The second kappa shape index (κ2) is 7.30. The van der Waals surface area contributed by atoms with Crippen LogP contribution in [0.5, 0.6) is 0 Å². The highest BCUT2D eigenvalue weighted by atomic mass is 32.1. The maximum Gasteiger partial charge on any atom is 0.198 e. The lowest BCUT2D eigenvalue weighted by atomic mass is 10.1. The molecule has 0 unspecified atom stereocenters. The van der Waals surface area contributed by atoms with Crippen molar-refractivity contribution >= 4 is 23.0 Å². The molecule has 1 saturated carbocycles. The van der Waals surface area contributed by atoms with E-state index in [1.807, 2.05) is 18.2 Å². The van der Waals surface area contributed by atoms with Crippen molar-refractivity contribution < 1.29 is 0 Å². The van der Waals surface area contributed by atoms with Crippen LogP contribution in [0, 0.1) is 0 Å². The molecule has 1 aliphatic carbocycles. The van der Waals surface area contributed by atoms with Crippen molar-refractivity contribution in [1.29, 1.82) is 0 Å². The molecule has 1 aromatic heterocycles. The topological polar surface area (TPSA) is 53.4 Å². The summed E-state index contributed by atoms with van der Waals surface area (Å²) >= 11 is 1.72. The van der Waals surface area contributed by atoms with Gasteiger partial charge in [-0.2, -0.15) is 0 Å². The van der Waals surface area contributed by atoms with Gasteiger partial charge in [-0.05, 0) is 44.2 Å². The third-order valence-electron chi connectivity index (χ3n) is 4.46. The first-order valence-corrected chi connectivity index (χ1v) is 9.64. The summed E-state index contributed by atoms with van der Waals surface area (Å²) in [5, 5.41) is 14.3. The van der Waals surface area contributed by atoms with Crippen LogP contribution in [-0.2, 0) is 6.54 Å². The van der Waals surface area contributed by atoms with Gasteiger partial charge in [0.05, 0.1) is 6.54 Å². The summed E-state index contributed by atoms with van der Waals surface area (Å²) in [6.45, 7) is 2.75. The fraction of sp³-hybridized carbons (Fsp3) is 0.500. The minimum Gasteiger partial charge on any atom is -0.343 e. The highest BCUT2D eigenvalue weighted by Gasteiger charge is 2.27.